The molecule has 0 aliphatic carbocycles. The Bertz CT molecular complexity index is 923. The summed E-state index contributed by atoms with van der Waals surface area (Å²) in [4.78, 5) is 23.5. The summed E-state index contributed by atoms with van der Waals surface area (Å²) in [7, 11) is 0. The van der Waals surface area contributed by atoms with E-state index in [9.17, 15) is 4.79 Å². The maximum absolute atomic E-state index is 12.6. The number of nitrogens with one attached hydrogen (secondary N) is 1. The normalized spacial score (nSPS) is 16.9. The molecule has 1 N–H and O–H groups in total. The molecule has 3 aromatic rings. The van der Waals surface area contributed by atoms with Crippen LogP contribution >= 0.6 is 0 Å². The van der Waals surface area contributed by atoms with Gasteiger partial charge in [0.05, 0.1) is 17.5 Å². The van der Waals surface area contributed by atoms with E-state index in [4.69, 9.17) is 9.40 Å². The smallest absolute Gasteiger partial charge is 0.257 e. The highest BCUT2D eigenvalue weighted by Crippen LogP contribution is 2.27. The van der Waals surface area contributed by atoms with Crippen LogP contribution in [-0.4, -0.2) is 33.9 Å². The summed E-state index contributed by atoms with van der Waals surface area (Å²) in [6.45, 7) is 3.47. The van der Waals surface area contributed by atoms with Crippen molar-refractivity contribution in [3.8, 4) is 0 Å². The standard InChI is InChI=1S/C21H22N4O2/c1-15-4-2-6-18(12-15)23-21-22-9-7-19(24-21)16-5-3-10-25(13-16)20(26)17-8-11-27-14-17/h2,4,6-9,11-12,14,16H,3,5,10,13H2,1H3,(H,22,23,24)/t16-/m1/s1. The van der Waals surface area contributed by atoms with Gasteiger partial charge in [0, 0.05) is 30.9 Å². The Morgan fingerprint density at radius 2 is 2.22 bits per heavy atom. The van der Waals surface area contributed by atoms with Gasteiger partial charge in [-0.05, 0) is 49.6 Å². The lowest BCUT2D eigenvalue weighted by Gasteiger charge is -2.32. The lowest BCUT2D eigenvalue weighted by atomic mass is 9.94. The Kier molecular flexibility index (Phi) is 4.87. The highest BCUT2D eigenvalue weighted by molar-refractivity contribution is 5.93. The molecule has 1 aliphatic heterocycles. The molecule has 0 unspecified atom stereocenters. The van der Waals surface area contributed by atoms with Crippen molar-refractivity contribution in [1.29, 1.82) is 0 Å². The Labute approximate surface area is 158 Å². The average Bonchev–Trinajstić information content (AvgIpc) is 3.23. The summed E-state index contributed by atoms with van der Waals surface area (Å²) in [5.41, 5.74) is 3.70. The summed E-state index contributed by atoms with van der Waals surface area (Å²) >= 11 is 0. The van der Waals surface area contributed by atoms with E-state index in [2.05, 4.69) is 29.4 Å². The molecule has 2 aromatic heterocycles. The number of aryl methyl sites for hydroxylation is 1. The largest absolute Gasteiger partial charge is 0.472 e. The molecule has 1 fully saturated rings. The maximum Gasteiger partial charge on any atom is 0.257 e. The number of anilines is 2. The minimum absolute atomic E-state index is 0.0145. The molecule has 3 heterocycles. The van der Waals surface area contributed by atoms with Gasteiger partial charge >= 0.3 is 0 Å². The van der Waals surface area contributed by atoms with E-state index in [-0.39, 0.29) is 11.8 Å². The first-order valence-corrected chi connectivity index (χ1v) is 9.17. The molecular formula is C21H22N4O2. The Balaban J connectivity index is 1.48. The van der Waals surface area contributed by atoms with Gasteiger partial charge in [0.25, 0.3) is 5.91 Å². The van der Waals surface area contributed by atoms with Crippen molar-refractivity contribution in [3.05, 3.63) is 71.9 Å². The molecule has 0 saturated carbocycles. The zero-order valence-electron chi connectivity index (χ0n) is 15.3. The molecule has 138 valence electrons. The van der Waals surface area contributed by atoms with Crippen LogP contribution in [0.15, 0.2) is 59.5 Å². The van der Waals surface area contributed by atoms with E-state index in [0.29, 0.717) is 18.1 Å². The second kappa shape index (κ2) is 7.61. The van der Waals surface area contributed by atoms with Gasteiger partial charge in [0.15, 0.2) is 0 Å². The van der Waals surface area contributed by atoms with Gasteiger partial charge in [0.1, 0.15) is 6.26 Å². The van der Waals surface area contributed by atoms with Gasteiger partial charge in [0.2, 0.25) is 5.95 Å². The number of piperidine rings is 1. The van der Waals surface area contributed by atoms with E-state index >= 15 is 0 Å². The van der Waals surface area contributed by atoms with Crippen LogP contribution in [0, 0.1) is 6.92 Å². The number of amides is 1. The average molecular weight is 362 g/mol. The van der Waals surface area contributed by atoms with Crippen molar-refractivity contribution in [3.63, 3.8) is 0 Å². The minimum Gasteiger partial charge on any atom is -0.472 e. The zero-order chi connectivity index (χ0) is 18.6. The van der Waals surface area contributed by atoms with Gasteiger partial charge in [-0.25, -0.2) is 9.97 Å². The molecule has 27 heavy (non-hydrogen) atoms. The molecule has 0 spiro atoms. The highest BCUT2D eigenvalue weighted by Gasteiger charge is 2.27. The zero-order valence-corrected chi connectivity index (χ0v) is 15.3. The van der Waals surface area contributed by atoms with Gasteiger partial charge in [-0.15, -0.1) is 0 Å². The van der Waals surface area contributed by atoms with E-state index in [1.165, 1.54) is 18.1 Å². The van der Waals surface area contributed by atoms with Crippen LogP contribution in [0.1, 0.15) is 40.4 Å². The molecule has 0 bridgehead atoms. The van der Waals surface area contributed by atoms with Crippen LogP contribution in [0.25, 0.3) is 0 Å². The Hall–Kier alpha value is -3.15. The molecular weight excluding hydrogens is 340 g/mol. The van der Waals surface area contributed by atoms with E-state index in [0.717, 1.165) is 30.8 Å². The molecule has 6 nitrogen and oxygen atoms in total. The lowest BCUT2D eigenvalue weighted by molar-refractivity contribution is 0.0705. The molecule has 4 rings (SSSR count). The van der Waals surface area contributed by atoms with Crippen molar-refractivity contribution < 1.29 is 9.21 Å². The number of carbonyl (C=O) groups excluding carboxylic acids is 1. The number of nitrogens with zero attached hydrogens (tertiary/aromatic N) is 3. The molecule has 1 aromatic carbocycles. The summed E-state index contributed by atoms with van der Waals surface area (Å²) in [5.74, 6) is 0.799. The molecule has 6 heteroatoms. The second-order valence-electron chi connectivity index (χ2n) is 6.90. The SMILES string of the molecule is Cc1cccc(Nc2nccc([C@@H]3CCCN(C(=O)c4ccoc4)C3)n2)c1. The number of rotatable bonds is 4. The Morgan fingerprint density at radius 3 is 3.04 bits per heavy atom. The van der Waals surface area contributed by atoms with Crippen LogP contribution in [-0.2, 0) is 0 Å². The fourth-order valence-corrected chi connectivity index (χ4v) is 3.48. The van der Waals surface area contributed by atoms with E-state index < -0.39 is 0 Å². The summed E-state index contributed by atoms with van der Waals surface area (Å²) in [6.07, 6.45) is 6.77. The second-order valence-corrected chi connectivity index (χ2v) is 6.90. The van der Waals surface area contributed by atoms with Crippen molar-refractivity contribution in [1.82, 2.24) is 14.9 Å². The number of aromatic nitrogens is 2. The number of likely N-dealkylation sites (tertiary alicyclic amines) is 1. The number of hydrogen-bond donors (Lipinski definition) is 1. The van der Waals surface area contributed by atoms with Gasteiger partial charge in [-0.1, -0.05) is 12.1 Å². The van der Waals surface area contributed by atoms with Crippen LogP contribution < -0.4 is 5.32 Å². The molecule has 1 amide bonds. The third-order valence-corrected chi connectivity index (χ3v) is 4.85. The number of carbonyl (C=O) groups is 1. The summed E-state index contributed by atoms with van der Waals surface area (Å²) in [6, 6.07) is 11.8. The van der Waals surface area contributed by atoms with Gasteiger partial charge in [-0.3, -0.25) is 4.79 Å². The molecule has 1 saturated heterocycles. The fourth-order valence-electron chi connectivity index (χ4n) is 3.48. The first-order valence-electron chi connectivity index (χ1n) is 9.17. The third kappa shape index (κ3) is 4.00. The fraction of sp³-hybridized carbons (Fsp3) is 0.286. The first-order chi connectivity index (χ1) is 13.2. The predicted octanol–water partition coefficient (Wildman–Crippen LogP) is 4.14. The summed E-state index contributed by atoms with van der Waals surface area (Å²) < 4.78 is 5.04. The van der Waals surface area contributed by atoms with Crippen molar-refractivity contribution in [2.75, 3.05) is 18.4 Å². The Morgan fingerprint density at radius 1 is 1.30 bits per heavy atom. The van der Waals surface area contributed by atoms with Crippen molar-refractivity contribution in [2.24, 2.45) is 0 Å². The van der Waals surface area contributed by atoms with Gasteiger partial charge < -0.3 is 14.6 Å². The van der Waals surface area contributed by atoms with E-state index in [1.54, 1.807) is 12.3 Å². The number of furan rings is 1. The summed E-state index contributed by atoms with van der Waals surface area (Å²) in [5, 5.41) is 3.27. The monoisotopic (exact) mass is 362 g/mol. The minimum atomic E-state index is 0.0145. The number of hydrogen-bond acceptors (Lipinski definition) is 5. The van der Waals surface area contributed by atoms with Crippen molar-refractivity contribution in [2.45, 2.75) is 25.7 Å². The third-order valence-electron chi connectivity index (χ3n) is 4.85. The van der Waals surface area contributed by atoms with Gasteiger partial charge in [-0.2, -0.15) is 0 Å². The maximum atomic E-state index is 12.6. The molecule has 0 radical (unpaired) electrons. The van der Waals surface area contributed by atoms with Crippen molar-refractivity contribution >= 4 is 17.5 Å². The van der Waals surface area contributed by atoms with Crippen LogP contribution in [0.2, 0.25) is 0 Å². The van der Waals surface area contributed by atoms with Crippen LogP contribution in [0.5, 0.6) is 0 Å². The quantitative estimate of drug-likeness (QED) is 0.755. The molecule has 1 aliphatic rings. The van der Waals surface area contributed by atoms with Crippen LogP contribution in [0.4, 0.5) is 11.6 Å². The molecule has 1 atom stereocenters. The topological polar surface area (TPSA) is 71.3 Å². The van der Waals surface area contributed by atoms with E-state index in [1.807, 2.05) is 23.1 Å². The highest BCUT2D eigenvalue weighted by atomic mass is 16.3. The predicted molar refractivity (Wildman–Crippen MR) is 103 cm³/mol. The van der Waals surface area contributed by atoms with Crippen LogP contribution in [0.3, 0.4) is 0 Å². The lowest BCUT2D eigenvalue weighted by Crippen LogP contribution is -2.39. The first kappa shape index (κ1) is 17.3. The number of benzene rings is 1.